The highest BCUT2D eigenvalue weighted by atomic mass is 35.5. The minimum atomic E-state index is -3.13. The van der Waals surface area contributed by atoms with Gasteiger partial charge in [-0.2, -0.15) is 0 Å². The normalized spacial score (nSPS) is 10.6. The number of aromatic nitrogens is 1. The van der Waals surface area contributed by atoms with Crippen LogP contribution < -0.4 is 0 Å². The van der Waals surface area contributed by atoms with Crippen molar-refractivity contribution in [2.45, 2.75) is 6.43 Å². The van der Waals surface area contributed by atoms with Crippen molar-refractivity contribution >= 4 is 17.6 Å². The van der Waals surface area contributed by atoms with Crippen molar-refractivity contribution < 1.29 is 23.1 Å². The third-order valence-electron chi connectivity index (χ3n) is 1.42. The second-order valence-corrected chi connectivity index (χ2v) is 2.67. The molecule has 0 aromatic carbocycles. The molecule has 1 heterocycles. The molecule has 0 unspecified atom stereocenters. The number of carboxylic acid groups (broad SMARTS) is 1. The lowest BCUT2D eigenvalue weighted by Gasteiger charge is -2.04. The Balaban J connectivity index is 3.33. The largest absolute Gasteiger partial charge is 0.478 e. The number of hydrogen-bond donors (Lipinski definition) is 1. The Morgan fingerprint density at radius 3 is 2.57 bits per heavy atom. The van der Waals surface area contributed by atoms with Gasteiger partial charge in [0, 0.05) is 6.20 Å². The maximum absolute atomic E-state index is 12.9. The molecule has 0 saturated heterocycles. The second kappa shape index (κ2) is 3.83. The van der Waals surface area contributed by atoms with E-state index < -0.39 is 34.5 Å². The highest BCUT2D eigenvalue weighted by molar-refractivity contribution is 6.33. The number of hydrogen-bond acceptors (Lipinski definition) is 2. The van der Waals surface area contributed by atoms with E-state index in [1.807, 2.05) is 0 Å². The van der Waals surface area contributed by atoms with Crippen molar-refractivity contribution in [1.82, 2.24) is 4.98 Å². The van der Waals surface area contributed by atoms with E-state index in [1.165, 1.54) is 0 Å². The molecule has 0 fully saturated rings. The molecular weight excluding hydrogens is 223 g/mol. The van der Waals surface area contributed by atoms with Gasteiger partial charge in [-0.05, 0) is 0 Å². The summed E-state index contributed by atoms with van der Waals surface area (Å²) in [6.45, 7) is 0. The maximum Gasteiger partial charge on any atom is 0.338 e. The first-order valence-corrected chi connectivity index (χ1v) is 3.68. The van der Waals surface area contributed by atoms with Gasteiger partial charge < -0.3 is 5.11 Å². The van der Waals surface area contributed by atoms with Crippen molar-refractivity contribution in [2.24, 2.45) is 0 Å². The van der Waals surface area contributed by atoms with E-state index in [1.54, 1.807) is 0 Å². The van der Waals surface area contributed by atoms with Crippen LogP contribution in [0.15, 0.2) is 6.20 Å². The summed E-state index contributed by atoms with van der Waals surface area (Å²) in [6.07, 6.45) is -2.54. The molecule has 0 saturated carbocycles. The molecule has 7 heteroatoms. The Labute approximate surface area is 81.1 Å². The highest BCUT2D eigenvalue weighted by Crippen LogP contribution is 2.27. The molecule has 1 rings (SSSR count). The molecule has 0 aliphatic carbocycles. The Hall–Kier alpha value is -1.30. The molecule has 14 heavy (non-hydrogen) atoms. The van der Waals surface area contributed by atoms with Gasteiger partial charge in [-0.25, -0.2) is 18.0 Å². The zero-order valence-electron chi connectivity index (χ0n) is 6.47. The second-order valence-electron chi connectivity index (χ2n) is 2.29. The van der Waals surface area contributed by atoms with Gasteiger partial charge in [0.2, 0.25) is 0 Å². The van der Waals surface area contributed by atoms with Crippen molar-refractivity contribution in [2.75, 3.05) is 0 Å². The molecule has 0 radical (unpaired) electrons. The molecule has 1 N–H and O–H groups in total. The Bertz CT molecular complexity index is 383. The van der Waals surface area contributed by atoms with Gasteiger partial charge >= 0.3 is 5.97 Å². The average molecular weight is 226 g/mol. The van der Waals surface area contributed by atoms with E-state index in [9.17, 15) is 18.0 Å². The number of carboxylic acids is 1. The summed E-state index contributed by atoms with van der Waals surface area (Å²) in [6, 6.07) is 0. The molecule has 0 aliphatic heterocycles. The zero-order chi connectivity index (χ0) is 10.9. The van der Waals surface area contributed by atoms with Crippen LogP contribution in [-0.2, 0) is 0 Å². The number of alkyl halides is 2. The van der Waals surface area contributed by atoms with Crippen LogP contribution in [0.5, 0.6) is 0 Å². The van der Waals surface area contributed by atoms with E-state index in [2.05, 4.69) is 4.98 Å². The minimum absolute atomic E-state index is 0.592. The molecule has 3 nitrogen and oxygen atoms in total. The highest BCUT2D eigenvalue weighted by Gasteiger charge is 2.22. The van der Waals surface area contributed by atoms with Gasteiger partial charge in [0.15, 0.2) is 5.82 Å². The molecule has 76 valence electrons. The van der Waals surface area contributed by atoms with E-state index in [-0.39, 0.29) is 0 Å². The van der Waals surface area contributed by atoms with Crippen LogP contribution >= 0.6 is 11.6 Å². The van der Waals surface area contributed by atoms with Crippen LogP contribution in [-0.4, -0.2) is 16.1 Å². The Kier molecular flexibility index (Phi) is 2.95. The molecule has 0 atom stereocenters. The lowest BCUT2D eigenvalue weighted by molar-refractivity contribution is 0.0695. The van der Waals surface area contributed by atoms with Crippen molar-refractivity contribution in [3.05, 3.63) is 28.3 Å². The van der Waals surface area contributed by atoms with Gasteiger partial charge in [-0.1, -0.05) is 11.6 Å². The molecule has 1 aromatic heterocycles. The predicted octanol–water partition coefficient (Wildman–Crippen LogP) is 2.51. The summed E-state index contributed by atoms with van der Waals surface area (Å²) in [4.78, 5) is 13.3. The average Bonchev–Trinajstić information content (AvgIpc) is 2.08. The predicted molar refractivity (Wildman–Crippen MR) is 41.1 cm³/mol. The first-order valence-electron chi connectivity index (χ1n) is 3.30. The summed E-state index contributed by atoms with van der Waals surface area (Å²) < 4.78 is 37.0. The number of rotatable bonds is 2. The number of halogens is 4. The number of aromatic carboxylic acids is 1. The standard InChI is InChI=1S/C7H3ClF3NO2/c8-3-2(7(13)14)1-12-5(4(3)9)6(10)11/h1,6H,(H,13,14). The lowest BCUT2D eigenvalue weighted by atomic mass is 10.2. The van der Waals surface area contributed by atoms with E-state index >= 15 is 0 Å². The fourth-order valence-corrected chi connectivity index (χ4v) is 1.01. The minimum Gasteiger partial charge on any atom is -0.478 e. The maximum atomic E-state index is 12.9. The molecule has 0 bridgehead atoms. The zero-order valence-corrected chi connectivity index (χ0v) is 7.23. The first-order chi connectivity index (χ1) is 6.45. The van der Waals surface area contributed by atoms with Crippen LogP contribution in [0.2, 0.25) is 5.02 Å². The smallest absolute Gasteiger partial charge is 0.338 e. The number of nitrogens with zero attached hydrogens (tertiary/aromatic N) is 1. The van der Waals surface area contributed by atoms with Gasteiger partial charge in [0.25, 0.3) is 6.43 Å². The fraction of sp³-hybridized carbons (Fsp3) is 0.143. The third kappa shape index (κ3) is 1.79. The quantitative estimate of drug-likeness (QED) is 0.841. The Morgan fingerprint density at radius 1 is 1.57 bits per heavy atom. The summed E-state index contributed by atoms with van der Waals surface area (Å²) in [5, 5.41) is 7.58. The summed E-state index contributed by atoms with van der Waals surface area (Å²) in [5.41, 5.74) is -1.80. The Morgan fingerprint density at radius 2 is 2.14 bits per heavy atom. The SMILES string of the molecule is O=C(O)c1cnc(C(F)F)c(F)c1Cl. The van der Waals surface area contributed by atoms with Gasteiger partial charge in [0.1, 0.15) is 5.69 Å². The van der Waals surface area contributed by atoms with E-state index in [0.29, 0.717) is 6.20 Å². The summed E-state index contributed by atoms with van der Waals surface area (Å²) in [5.74, 6) is -3.02. The van der Waals surface area contributed by atoms with Crippen LogP contribution in [0.25, 0.3) is 0 Å². The first kappa shape index (κ1) is 10.8. The molecule has 0 amide bonds. The van der Waals surface area contributed by atoms with Crippen molar-refractivity contribution in [3.8, 4) is 0 Å². The van der Waals surface area contributed by atoms with Gasteiger partial charge in [0.05, 0.1) is 10.6 Å². The molecule has 1 aromatic rings. The molecule has 0 spiro atoms. The fourth-order valence-electron chi connectivity index (χ4n) is 0.779. The van der Waals surface area contributed by atoms with Crippen LogP contribution in [0.3, 0.4) is 0 Å². The van der Waals surface area contributed by atoms with Gasteiger partial charge in [-0.15, -0.1) is 0 Å². The van der Waals surface area contributed by atoms with Crippen LogP contribution in [0.1, 0.15) is 22.5 Å². The summed E-state index contributed by atoms with van der Waals surface area (Å²) in [7, 11) is 0. The lowest BCUT2D eigenvalue weighted by Crippen LogP contribution is -2.04. The molecular formula is C7H3ClF3NO2. The van der Waals surface area contributed by atoms with Crippen LogP contribution in [0, 0.1) is 5.82 Å². The van der Waals surface area contributed by atoms with Gasteiger partial charge in [-0.3, -0.25) is 4.98 Å². The number of pyridine rings is 1. The van der Waals surface area contributed by atoms with E-state index in [4.69, 9.17) is 16.7 Å². The van der Waals surface area contributed by atoms with Crippen LogP contribution in [0.4, 0.5) is 13.2 Å². The monoisotopic (exact) mass is 225 g/mol. The van der Waals surface area contributed by atoms with E-state index in [0.717, 1.165) is 0 Å². The molecule has 0 aliphatic rings. The third-order valence-corrected chi connectivity index (χ3v) is 1.79. The van der Waals surface area contributed by atoms with Crippen molar-refractivity contribution in [1.29, 1.82) is 0 Å². The topological polar surface area (TPSA) is 50.2 Å². The van der Waals surface area contributed by atoms with Crippen molar-refractivity contribution in [3.63, 3.8) is 0 Å². The summed E-state index contributed by atoms with van der Waals surface area (Å²) >= 11 is 5.21. The number of carbonyl (C=O) groups is 1.